The molecule has 1 aliphatic rings. The molecule has 14 rings (SSSR count). The Morgan fingerprint density at radius 3 is 1.01 bits per heavy atom. The third-order valence-electron chi connectivity index (χ3n) is 14.8. The SMILES string of the molecule is c1ccc([Si](c2ccccc2)(c2ccccc2)c2cc3c(cc2-n2c4ccccc4c4cc(-n5c6ccccc6c6ccccc65)ccc42)-c2ccccc2-c2ccccc2-c2ccccc2-3)cc1. The van der Waals surface area contributed by atoms with Crippen LogP contribution in [0.3, 0.4) is 0 Å². The van der Waals surface area contributed by atoms with Gasteiger partial charge in [0.2, 0.25) is 0 Å². The van der Waals surface area contributed by atoms with Gasteiger partial charge in [-0.15, -0.1) is 0 Å². The first-order valence-corrected chi connectivity index (χ1v) is 25.9. The van der Waals surface area contributed by atoms with E-state index in [-0.39, 0.29) is 0 Å². The van der Waals surface area contributed by atoms with Gasteiger partial charge in [0.25, 0.3) is 0 Å². The van der Waals surface area contributed by atoms with Crippen LogP contribution in [0.15, 0.2) is 267 Å². The normalized spacial score (nSPS) is 12.1. The first-order valence-electron chi connectivity index (χ1n) is 23.9. The predicted molar refractivity (Wildman–Crippen MR) is 294 cm³/mol. The number of nitrogens with zero attached hydrogens (tertiary/aromatic N) is 2. The van der Waals surface area contributed by atoms with Gasteiger partial charge >= 0.3 is 0 Å². The van der Waals surface area contributed by atoms with E-state index in [1.54, 1.807) is 0 Å². The standard InChI is InChI=1S/C66H44N2Si/c1-4-22-46(23-5-1)69(47-24-6-2-7-25-47,48-26-8-3-9-27-48)66-44-59-54-33-15-13-31-52(54)50-29-11-10-28-49(50)51-30-12-14-32-53(51)58(59)43-65(66)68-63-39-21-18-36-57(63)60-42-45(40-41-64(60)68)67-61-37-19-16-34-55(61)56-35-17-20-38-62(56)67/h1-44H. The second-order valence-corrected chi connectivity index (χ2v) is 22.1. The molecule has 2 heterocycles. The van der Waals surface area contributed by atoms with Crippen molar-refractivity contribution in [2.75, 3.05) is 0 Å². The fourth-order valence-corrected chi connectivity index (χ4v) is 16.9. The van der Waals surface area contributed by atoms with Crippen molar-refractivity contribution in [2.24, 2.45) is 0 Å². The Labute approximate surface area is 402 Å². The number of benzene rings is 11. The molecule has 1 aliphatic carbocycles. The monoisotopic (exact) mass is 892 g/mol. The molecule has 322 valence electrons. The summed E-state index contributed by atoms with van der Waals surface area (Å²) < 4.78 is 5.05. The Hall–Kier alpha value is -8.76. The molecule has 0 radical (unpaired) electrons. The lowest BCUT2D eigenvalue weighted by atomic mass is 9.81. The van der Waals surface area contributed by atoms with Gasteiger partial charge in [0.15, 0.2) is 8.07 Å². The predicted octanol–water partition coefficient (Wildman–Crippen LogP) is 14.2. The third-order valence-corrected chi connectivity index (χ3v) is 19.6. The van der Waals surface area contributed by atoms with Gasteiger partial charge in [-0.3, -0.25) is 0 Å². The topological polar surface area (TPSA) is 9.86 Å². The summed E-state index contributed by atoms with van der Waals surface area (Å²) in [6.45, 7) is 0. The van der Waals surface area contributed by atoms with Crippen molar-refractivity contribution in [1.82, 2.24) is 9.13 Å². The molecule has 0 saturated heterocycles. The van der Waals surface area contributed by atoms with E-state index in [0.29, 0.717) is 0 Å². The van der Waals surface area contributed by atoms with Gasteiger partial charge in [-0.05, 0) is 108 Å². The summed E-state index contributed by atoms with van der Waals surface area (Å²) in [5, 5.41) is 10.3. The molecule has 0 N–H and O–H groups in total. The van der Waals surface area contributed by atoms with Gasteiger partial charge in [-0.1, -0.05) is 224 Å². The van der Waals surface area contributed by atoms with Gasteiger partial charge in [-0.2, -0.15) is 0 Å². The van der Waals surface area contributed by atoms with Crippen molar-refractivity contribution in [3.05, 3.63) is 267 Å². The fourth-order valence-electron chi connectivity index (χ4n) is 12.0. The maximum atomic E-state index is 2.63. The van der Waals surface area contributed by atoms with Crippen molar-refractivity contribution >= 4 is 72.4 Å². The maximum Gasteiger partial charge on any atom is 0.181 e. The molecule has 0 atom stereocenters. The molecule has 2 nitrogen and oxygen atoms in total. The molecule has 0 saturated carbocycles. The minimum atomic E-state index is -3.19. The highest BCUT2D eigenvalue weighted by Crippen LogP contribution is 2.49. The summed E-state index contributed by atoms with van der Waals surface area (Å²) in [5.74, 6) is 0. The summed E-state index contributed by atoms with van der Waals surface area (Å²) in [4.78, 5) is 0. The summed E-state index contributed by atoms with van der Waals surface area (Å²) >= 11 is 0. The zero-order valence-electron chi connectivity index (χ0n) is 37.8. The molecule has 0 aliphatic heterocycles. The minimum Gasteiger partial charge on any atom is -0.309 e. The van der Waals surface area contributed by atoms with E-state index in [2.05, 4.69) is 276 Å². The average Bonchev–Trinajstić information content (AvgIpc) is 3.94. The number of hydrogen-bond donors (Lipinski definition) is 0. The van der Waals surface area contributed by atoms with Crippen LogP contribution in [0.4, 0.5) is 0 Å². The molecular weight excluding hydrogens is 849 g/mol. The van der Waals surface area contributed by atoms with Crippen LogP contribution in [0.2, 0.25) is 0 Å². The van der Waals surface area contributed by atoms with Crippen molar-refractivity contribution < 1.29 is 0 Å². The Balaban J connectivity index is 1.17. The van der Waals surface area contributed by atoms with E-state index < -0.39 is 8.07 Å². The molecule has 0 amide bonds. The zero-order chi connectivity index (χ0) is 45.5. The maximum absolute atomic E-state index is 3.19. The van der Waals surface area contributed by atoms with Gasteiger partial charge in [0.1, 0.15) is 0 Å². The molecule has 69 heavy (non-hydrogen) atoms. The molecule has 2 aromatic heterocycles. The Morgan fingerprint density at radius 1 is 0.232 bits per heavy atom. The minimum absolute atomic E-state index is 1.15. The summed E-state index contributed by atoms with van der Waals surface area (Å²) in [7, 11) is -3.19. The van der Waals surface area contributed by atoms with E-state index in [9.17, 15) is 0 Å². The highest BCUT2D eigenvalue weighted by molar-refractivity contribution is 7.20. The van der Waals surface area contributed by atoms with Crippen molar-refractivity contribution in [3.8, 4) is 55.9 Å². The van der Waals surface area contributed by atoms with Gasteiger partial charge in [-0.25, -0.2) is 0 Å². The van der Waals surface area contributed by atoms with Crippen LogP contribution in [0.1, 0.15) is 0 Å². The number of aromatic nitrogens is 2. The van der Waals surface area contributed by atoms with E-state index >= 15 is 0 Å². The number of rotatable bonds is 6. The summed E-state index contributed by atoms with van der Waals surface area (Å²) in [6, 6.07) is 100. The molecule has 13 aromatic rings. The molecule has 0 fully saturated rings. The Morgan fingerprint density at radius 2 is 0.565 bits per heavy atom. The lowest BCUT2D eigenvalue weighted by Gasteiger charge is -2.37. The first kappa shape index (κ1) is 39.4. The zero-order valence-corrected chi connectivity index (χ0v) is 38.8. The van der Waals surface area contributed by atoms with Crippen molar-refractivity contribution in [1.29, 1.82) is 0 Å². The summed E-state index contributed by atoms with van der Waals surface area (Å²) in [6.07, 6.45) is 0. The van der Waals surface area contributed by atoms with E-state index in [4.69, 9.17) is 0 Å². The number of fused-ring (bicyclic) bond motifs is 14. The molecule has 11 aromatic carbocycles. The highest BCUT2D eigenvalue weighted by Gasteiger charge is 2.44. The van der Waals surface area contributed by atoms with Crippen LogP contribution in [0, 0.1) is 0 Å². The van der Waals surface area contributed by atoms with Crippen LogP contribution in [-0.2, 0) is 0 Å². The molecule has 3 heteroatoms. The number of para-hydroxylation sites is 3. The molecule has 0 spiro atoms. The second-order valence-electron chi connectivity index (χ2n) is 18.3. The van der Waals surface area contributed by atoms with Crippen LogP contribution in [0.25, 0.3) is 99.5 Å². The first-order chi connectivity index (χ1) is 34.3. The summed E-state index contributed by atoms with van der Waals surface area (Å²) in [5.41, 5.74) is 17.0. The molecule has 0 bridgehead atoms. The Bertz CT molecular complexity index is 3980. The quantitative estimate of drug-likeness (QED) is 0.116. The van der Waals surface area contributed by atoms with Crippen LogP contribution < -0.4 is 20.7 Å². The highest BCUT2D eigenvalue weighted by atomic mass is 28.3. The van der Waals surface area contributed by atoms with Crippen molar-refractivity contribution in [2.45, 2.75) is 0 Å². The van der Waals surface area contributed by atoms with E-state index in [1.165, 1.54) is 115 Å². The average molecular weight is 893 g/mol. The van der Waals surface area contributed by atoms with Crippen LogP contribution in [-0.4, -0.2) is 17.2 Å². The van der Waals surface area contributed by atoms with Gasteiger partial charge in [0, 0.05) is 32.9 Å². The largest absolute Gasteiger partial charge is 0.309 e. The molecular formula is C66H44N2Si. The fraction of sp³-hybridized carbons (Fsp3) is 0. The number of hydrogen-bond acceptors (Lipinski definition) is 0. The van der Waals surface area contributed by atoms with Gasteiger partial charge < -0.3 is 9.13 Å². The van der Waals surface area contributed by atoms with Crippen molar-refractivity contribution in [3.63, 3.8) is 0 Å². The van der Waals surface area contributed by atoms with E-state index in [1.807, 2.05) is 0 Å². The van der Waals surface area contributed by atoms with Crippen LogP contribution >= 0.6 is 0 Å². The van der Waals surface area contributed by atoms with E-state index in [0.717, 1.165) is 5.69 Å². The smallest absolute Gasteiger partial charge is 0.181 e. The van der Waals surface area contributed by atoms with Crippen LogP contribution in [0.5, 0.6) is 0 Å². The Kier molecular flexibility index (Phi) is 8.95. The molecule has 0 unspecified atom stereocenters. The lowest BCUT2D eigenvalue weighted by Crippen LogP contribution is -2.75. The lowest BCUT2D eigenvalue weighted by molar-refractivity contribution is 1.17. The third kappa shape index (κ3) is 5.84. The second kappa shape index (κ2) is 15.7. The van der Waals surface area contributed by atoms with Gasteiger partial charge in [0.05, 0.1) is 22.1 Å².